The third kappa shape index (κ3) is 12.1. The summed E-state index contributed by atoms with van der Waals surface area (Å²) in [6.07, 6.45) is 0. The van der Waals surface area contributed by atoms with Gasteiger partial charge in [-0.15, -0.1) is 12.4 Å². The van der Waals surface area contributed by atoms with Crippen molar-refractivity contribution in [2.45, 2.75) is 40.8 Å². The van der Waals surface area contributed by atoms with Crippen LogP contribution in [0, 0.1) is 24.5 Å². The van der Waals surface area contributed by atoms with Gasteiger partial charge in [-0.25, -0.2) is 23.1 Å². The molecule has 12 nitrogen and oxygen atoms in total. The van der Waals surface area contributed by atoms with Crippen molar-refractivity contribution in [2.75, 3.05) is 20.3 Å². The fourth-order valence-electron chi connectivity index (χ4n) is 3.29. The number of Topliss-reactive ketones (excluding diaryl/α,β-unsaturated/α-hetero) is 1. The van der Waals surface area contributed by atoms with Gasteiger partial charge in [0, 0.05) is 23.2 Å². The van der Waals surface area contributed by atoms with Gasteiger partial charge < -0.3 is 14.2 Å². The molecule has 0 radical (unpaired) electrons. The van der Waals surface area contributed by atoms with E-state index in [9.17, 15) is 32.8 Å². The number of nitrogens with two attached hydrogens (primary N) is 1. The van der Waals surface area contributed by atoms with Crippen LogP contribution in [0.2, 0.25) is 0 Å². The van der Waals surface area contributed by atoms with Gasteiger partial charge in [0.2, 0.25) is 0 Å². The monoisotopic (exact) mass is 642 g/mol. The Labute approximate surface area is 259 Å². The lowest BCUT2D eigenvalue weighted by atomic mass is 10.1. The van der Waals surface area contributed by atoms with Crippen molar-refractivity contribution in [1.82, 2.24) is 15.2 Å². The van der Waals surface area contributed by atoms with E-state index in [1.165, 1.54) is 30.7 Å². The predicted octanol–water partition coefficient (Wildman–Crippen LogP) is 2.99. The molecule has 1 aromatic heterocycles. The maximum absolute atomic E-state index is 13.6. The van der Waals surface area contributed by atoms with Gasteiger partial charge in [0.25, 0.3) is 11.3 Å². The third-order valence-electron chi connectivity index (χ3n) is 5.62. The number of rotatable bonds is 10. The number of aromatic nitrogens is 2. The number of carbonyl (C=O) groups excluding carboxylic acids is 4. The van der Waals surface area contributed by atoms with Crippen molar-refractivity contribution in [3.8, 4) is 0 Å². The zero-order chi connectivity index (χ0) is 32.5. The average Bonchev–Trinajstić information content (AvgIpc) is 3.28. The van der Waals surface area contributed by atoms with Gasteiger partial charge in [-0.3, -0.25) is 30.8 Å². The van der Waals surface area contributed by atoms with E-state index in [-0.39, 0.29) is 54.8 Å². The number of carbonyl (C=O) groups is 4. The summed E-state index contributed by atoms with van der Waals surface area (Å²) < 4.78 is 41.0. The maximum Gasteiger partial charge on any atom is 0.375 e. The van der Waals surface area contributed by atoms with Gasteiger partial charge in [0.1, 0.15) is 23.2 Å². The number of hydrogen-bond acceptors (Lipinski definition) is 10. The quantitative estimate of drug-likeness (QED) is 0.0745. The minimum absolute atomic E-state index is 0. The van der Waals surface area contributed by atoms with Crippen LogP contribution in [0.25, 0.3) is 0 Å². The fourth-order valence-corrected chi connectivity index (χ4v) is 3.29. The largest absolute Gasteiger partial charge is 0.465 e. The van der Waals surface area contributed by atoms with E-state index in [0.717, 1.165) is 7.11 Å². The number of benzene rings is 2. The topological polar surface area (TPSA) is 172 Å². The van der Waals surface area contributed by atoms with Crippen molar-refractivity contribution in [1.29, 1.82) is 0 Å². The predicted molar refractivity (Wildman–Crippen MR) is 159 cm³/mol. The minimum atomic E-state index is -1.09. The Kier molecular flexibility index (Phi) is 18.4. The first-order valence-electron chi connectivity index (χ1n) is 13.1. The van der Waals surface area contributed by atoms with Crippen LogP contribution in [0.3, 0.4) is 0 Å². The fraction of sp³-hybridized carbons (Fsp3) is 0.345. The van der Waals surface area contributed by atoms with Gasteiger partial charge in [-0.2, -0.15) is 0 Å². The molecule has 242 valence electrons. The number of halogens is 3. The molecular weight excluding hydrogens is 606 g/mol. The molecule has 0 aliphatic heterocycles. The molecule has 44 heavy (non-hydrogen) atoms. The molecule has 0 fully saturated rings. The number of hydrogen-bond donors (Lipinski definition) is 3. The molecule has 0 saturated heterocycles. The summed E-state index contributed by atoms with van der Waals surface area (Å²) in [4.78, 5) is 56.3. The molecule has 0 spiro atoms. The van der Waals surface area contributed by atoms with Crippen LogP contribution in [-0.2, 0) is 41.7 Å². The highest BCUT2D eigenvalue weighted by Crippen LogP contribution is 2.09. The number of hydrazine groups is 1. The summed E-state index contributed by atoms with van der Waals surface area (Å²) in [7, 11) is 1.08. The SMILES string of the molecule is CCOC(=O)C(C)C(=O)C(=O)OC.CCOC(=O)c1[nH]n(Cc2ccccc2F)c(=O)c1C.Cl.NNCc1ccccc1F. The Hall–Kier alpha value is -4.40. The van der Waals surface area contributed by atoms with Crippen LogP contribution < -0.4 is 16.8 Å². The first-order valence-corrected chi connectivity index (χ1v) is 13.1. The lowest BCUT2D eigenvalue weighted by Gasteiger charge is -2.07. The van der Waals surface area contributed by atoms with Crippen molar-refractivity contribution in [2.24, 2.45) is 11.8 Å². The Morgan fingerprint density at radius 3 is 1.95 bits per heavy atom. The second kappa shape index (κ2) is 20.5. The van der Waals surface area contributed by atoms with Gasteiger partial charge in [0.05, 0.1) is 26.9 Å². The summed E-state index contributed by atoms with van der Waals surface area (Å²) in [5, 5.41) is 2.67. The van der Waals surface area contributed by atoms with Crippen LogP contribution in [0.1, 0.15) is 48.0 Å². The number of nitrogens with zero attached hydrogens (tertiary/aromatic N) is 1. The van der Waals surface area contributed by atoms with E-state index >= 15 is 0 Å². The molecule has 1 atom stereocenters. The summed E-state index contributed by atoms with van der Waals surface area (Å²) in [6, 6.07) is 12.7. The number of ketones is 1. The van der Waals surface area contributed by atoms with Crippen molar-refractivity contribution in [3.05, 3.63) is 92.9 Å². The zero-order valence-electron chi connectivity index (χ0n) is 25.0. The summed E-state index contributed by atoms with van der Waals surface area (Å²) in [6.45, 7) is 6.93. The number of esters is 3. The summed E-state index contributed by atoms with van der Waals surface area (Å²) >= 11 is 0. The summed E-state index contributed by atoms with van der Waals surface area (Å²) in [5.74, 6) is 0.0877. The molecule has 3 aromatic rings. The van der Waals surface area contributed by atoms with Crippen LogP contribution in [-0.4, -0.2) is 53.8 Å². The number of ether oxygens (including phenoxy) is 3. The highest BCUT2D eigenvalue weighted by Gasteiger charge is 2.29. The van der Waals surface area contributed by atoms with Crippen LogP contribution in [0.5, 0.6) is 0 Å². The Morgan fingerprint density at radius 2 is 1.48 bits per heavy atom. The number of nitrogens with one attached hydrogen (secondary N) is 2. The molecule has 1 unspecified atom stereocenters. The summed E-state index contributed by atoms with van der Waals surface area (Å²) in [5.41, 5.74) is 3.34. The molecule has 0 amide bonds. The second-order valence-corrected chi connectivity index (χ2v) is 8.62. The van der Waals surface area contributed by atoms with Gasteiger partial charge in [-0.05, 0) is 39.8 Å². The molecule has 2 aromatic carbocycles. The van der Waals surface area contributed by atoms with Crippen molar-refractivity contribution in [3.63, 3.8) is 0 Å². The minimum Gasteiger partial charge on any atom is -0.465 e. The van der Waals surface area contributed by atoms with E-state index in [1.807, 2.05) is 0 Å². The number of methoxy groups -OCH3 is 1. The van der Waals surface area contributed by atoms with E-state index in [2.05, 4.69) is 20.0 Å². The zero-order valence-corrected chi connectivity index (χ0v) is 25.8. The standard InChI is InChI=1S/C14H15FN2O3.C8H12O5.C7H9FN2.ClH/c1-3-20-14(19)12-9(2)13(18)17(16-12)8-10-6-4-5-7-11(10)15;1-4-13-7(10)5(2)6(9)8(11)12-3;8-7-4-2-1-3-6(7)5-10-9;/h4-7,16H,3,8H2,1-2H3;5H,4H2,1-3H3;1-4,10H,5,9H2;1H. The molecule has 0 aliphatic carbocycles. The third-order valence-corrected chi connectivity index (χ3v) is 5.62. The van der Waals surface area contributed by atoms with Gasteiger partial charge in [-0.1, -0.05) is 36.4 Å². The van der Waals surface area contributed by atoms with E-state index < -0.39 is 35.4 Å². The van der Waals surface area contributed by atoms with Crippen LogP contribution in [0.15, 0.2) is 53.3 Å². The molecule has 0 saturated carbocycles. The van der Waals surface area contributed by atoms with E-state index in [4.69, 9.17) is 10.6 Å². The van der Waals surface area contributed by atoms with Crippen molar-refractivity contribution < 1.29 is 42.2 Å². The molecule has 1 heterocycles. The molecular formula is C29H37ClF2N4O8. The molecule has 15 heteroatoms. The van der Waals surface area contributed by atoms with Gasteiger partial charge in [0.15, 0.2) is 0 Å². The lowest BCUT2D eigenvalue weighted by Crippen LogP contribution is -2.30. The van der Waals surface area contributed by atoms with Crippen LogP contribution >= 0.6 is 12.4 Å². The first-order chi connectivity index (χ1) is 20.4. The molecule has 0 aliphatic rings. The smallest absolute Gasteiger partial charge is 0.375 e. The molecule has 4 N–H and O–H groups in total. The van der Waals surface area contributed by atoms with E-state index in [0.29, 0.717) is 17.7 Å². The molecule has 3 rings (SSSR count). The normalized spacial score (nSPS) is 10.5. The Morgan fingerprint density at radius 1 is 0.955 bits per heavy atom. The van der Waals surface area contributed by atoms with Crippen LogP contribution in [0.4, 0.5) is 8.78 Å². The molecule has 0 bridgehead atoms. The Balaban J connectivity index is 0.000000669. The maximum atomic E-state index is 13.6. The van der Waals surface area contributed by atoms with E-state index in [1.54, 1.807) is 50.2 Å². The van der Waals surface area contributed by atoms with Crippen molar-refractivity contribution >= 4 is 36.1 Å². The Bertz CT molecular complexity index is 1440. The lowest BCUT2D eigenvalue weighted by molar-refractivity contribution is -0.160. The number of H-pyrrole nitrogens is 1. The second-order valence-electron chi connectivity index (χ2n) is 8.62. The first kappa shape index (κ1) is 39.6. The highest BCUT2D eigenvalue weighted by atomic mass is 35.5. The van der Waals surface area contributed by atoms with Gasteiger partial charge >= 0.3 is 17.9 Å². The average molecular weight is 643 g/mol. The highest BCUT2D eigenvalue weighted by molar-refractivity contribution is 6.37. The number of aromatic amines is 1.